The van der Waals surface area contributed by atoms with Crippen LogP contribution in [-0.2, 0) is 0 Å². The van der Waals surface area contributed by atoms with Gasteiger partial charge in [0.1, 0.15) is 11.6 Å². The lowest BCUT2D eigenvalue weighted by atomic mass is 9.90. The molecule has 1 amide bonds. The lowest BCUT2D eigenvalue weighted by Crippen LogP contribution is -2.19. The number of phenols is 1. The molecule has 0 saturated heterocycles. The Morgan fingerprint density at radius 3 is 2.66 bits per heavy atom. The largest absolute Gasteiger partial charge is 0.507 e. The zero-order valence-corrected chi connectivity index (χ0v) is 22.2. The SMILES string of the molecule is O=C(O)Nc1ccccc1C(=O)C1CCCC(CNc2cc(-c3ccccc3O)nc3c(Br)cnn23)CC1. The minimum atomic E-state index is -1.18. The number of Topliss-reactive ketones (excluding diaryl/α,β-unsaturated/α-hetero) is 1. The summed E-state index contributed by atoms with van der Waals surface area (Å²) >= 11 is 3.52. The Labute approximate surface area is 228 Å². The number of aromatic hydroxyl groups is 1. The Hall–Kier alpha value is -3.92. The van der Waals surface area contributed by atoms with E-state index in [1.807, 2.05) is 18.2 Å². The molecule has 4 aromatic rings. The number of nitrogens with one attached hydrogen (secondary N) is 2. The number of carbonyl (C=O) groups excluding carboxylic acids is 1. The third kappa shape index (κ3) is 5.50. The van der Waals surface area contributed by atoms with Gasteiger partial charge < -0.3 is 15.5 Å². The van der Waals surface area contributed by atoms with E-state index in [1.165, 1.54) is 0 Å². The zero-order chi connectivity index (χ0) is 26.6. The normalized spacial score (nSPS) is 17.6. The Morgan fingerprint density at radius 2 is 1.84 bits per heavy atom. The van der Waals surface area contributed by atoms with Gasteiger partial charge in [0.25, 0.3) is 0 Å². The van der Waals surface area contributed by atoms with Crippen LogP contribution in [0.1, 0.15) is 42.5 Å². The number of ketones is 1. The van der Waals surface area contributed by atoms with E-state index >= 15 is 0 Å². The zero-order valence-electron chi connectivity index (χ0n) is 20.6. The summed E-state index contributed by atoms with van der Waals surface area (Å²) in [6, 6.07) is 15.8. The van der Waals surface area contributed by atoms with E-state index in [-0.39, 0.29) is 17.5 Å². The van der Waals surface area contributed by atoms with Gasteiger partial charge in [-0.2, -0.15) is 9.61 Å². The second-order valence-electron chi connectivity index (χ2n) is 9.56. The average Bonchev–Trinajstić information content (AvgIpc) is 3.13. The van der Waals surface area contributed by atoms with Crippen molar-refractivity contribution in [3.8, 4) is 17.0 Å². The number of hydrogen-bond acceptors (Lipinski definition) is 6. The number of hydrogen-bond donors (Lipinski definition) is 4. The summed E-state index contributed by atoms with van der Waals surface area (Å²) in [4.78, 5) is 29.1. The van der Waals surface area contributed by atoms with Crippen LogP contribution < -0.4 is 10.6 Å². The summed E-state index contributed by atoms with van der Waals surface area (Å²) in [5, 5.41) is 29.8. The van der Waals surface area contributed by atoms with Gasteiger partial charge in [0.15, 0.2) is 11.4 Å². The summed E-state index contributed by atoms with van der Waals surface area (Å²) in [5.74, 6) is 1.14. The van der Waals surface area contributed by atoms with Crippen molar-refractivity contribution in [3.05, 3.63) is 70.8 Å². The molecule has 1 aliphatic carbocycles. The smallest absolute Gasteiger partial charge is 0.409 e. The van der Waals surface area contributed by atoms with E-state index in [4.69, 9.17) is 10.1 Å². The molecule has 2 aromatic carbocycles. The molecular formula is C28H28BrN5O4. The number of benzene rings is 2. The first-order valence-electron chi connectivity index (χ1n) is 12.6. The van der Waals surface area contributed by atoms with E-state index in [9.17, 15) is 14.7 Å². The molecule has 38 heavy (non-hydrogen) atoms. The van der Waals surface area contributed by atoms with Crippen LogP contribution in [0.25, 0.3) is 16.9 Å². The van der Waals surface area contributed by atoms with Crippen molar-refractivity contribution in [2.24, 2.45) is 11.8 Å². The van der Waals surface area contributed by atoms with Crippen molar-refractivity contribution >= 4 is 45.0 Å². The molecule has 0 bridgehead atoms. The lowest BCUT2D eigenvalue weighted by Gasteiger charge is -2.18. The number of carbonyl (C=O) groups is 2. The number of nitrogens with zero attached hydrogens (tertiary/aromatic N) is 3. The highest BCUT2D eigenvalue weighted by molar-refractivity contribution is 9.10. The van der Waals surface area contributed by atoms with Crippen molar-refractivity contribution in [1.29, 1.82) is 0 Å². The average molecular weight is 578 g/mol. The van der Waals surface area contributed by atoms with Crippen LogP contribution in [-0.4, -0.2) is 43.2 Å². The number of fused-ring (bicyclic) bond motifs is 1. The van der Waals surface area contributed by atoms with Crippen LogP contribution in [0.3, 0.4) is 0 Å². The van der Waals surface area contributed by atoms with Gasteiger partial charge in [-0.1, -0.05) is 30.7 Å². The molecule has 10 heteroatoms. The van der Waals surface area contributed by atoms with Gasteiger partial charge >= 0.3 is 6.09 Å². The number of anilines is 2. The van der Waals surface area contributed by atoms with Crippen LogP contribution in [0.4, 0.5) is 16.3 Å². The molecule has 4 N–H and O–H groups in total. The maximum absolute atomic E-state index is 13.3. The van der Waals surface area contributed by atoms with Crippen LogP contribution in [0.2, 0.25) is 0 Å². The quantitative estimate of drug-likeness (QED) is 0.147. The van der Waals surface area contributed by atoms with Crippen molar-refractivity contribution < 1.29 is 19.8 Å². The van der Waals surface area contributed by atoms with Gasteiger partial charge in [0, 0.05) is 29.7 Å². The molecular weight excluding hydrogens is 550 g/mol. The molecule has 2 aromatic heterocycles. The Balaban J connectivity index is 1.29. The van der Waals surface area contributed by atoms with Gasteiger partial charge in [-0.15, -0.1) is 0 Å². The Morgan fingerprint density at radius 1 is 1.05 bits per heavy atom. The second-order valence-corrected chi connectivity index (χ2v) is 10.4. The van der Waals surface area contributed by atoms with E-state index in [1.54, 1.807) is 47.1 Å². The van der Waals surface area contributed by atoms with Crippen LogP contribution in [0, 0.1) is 11.8 Å². The minimum Gasteiger partial charge on any atom is -0.507 e. The van der Waals surface area contributed by atoms with Crippen molar-refractivity contribution in [3.63, 3.8) is 0 Å². The molecule has 0 aliphatic heterocycles. The number of phenolic OH excluding ortho intramolecular Hbond substituents is 1. The van der Waals surface area contributed by atoms with Gasteiger partial charge in [-0.3, -0.25) is 10.1 Å². The highest BCUT2D eigenvalue weighted by atomic mass is 79.9. The number of rotatable bonds is 7. The van der Waals surface area contributed by atoms with Crippen LogP contribution >= 0.6 is 15.9 Å². The molecule has 1 aliphatic rings. The maximum atomic E-state index is 13.3. The molecule has 9 nitrogen and oxygen atoms in total. The van der Waals surface area contributed by atoms with E-state index in [0.29, 0.717) is 40.6 Å². The summed E-state index contributed by atoms with van der Waals surface area (Å²) in [7, 11) is 0. The number of amides is 1. The predicted octanol–water partition coefficient (Wildman–Crippen LogP) is 6.45. The Bertz CT molecular complexity index is 1490. The van der Waals surface area contributed by atoms with Crippen molar-refractivity contribution in [2.45, 2.75) is 32.1 Å². The predicted molar refractivity (Wildman–Crippen MR) is 149 cm³/mol. The summed E-state index contributed by atoms with van der Waals surface area (Å²) < 4.78 is 2.49. The molecule has 0 spiro atoms. The third-order valence-electron chi connectivity index (χ3n) is 7.07. The van der Waals surface area contributed by atoms with E-state index < -0.39 is 6.09 Å². The standard InChI is InChI=1S/C28H28BrN5O4/c29-21-16-31-34-25(14-23(32-27(21)34)19-8-2-4-11-24(19)35)30-15-17-6-5-7-18(13-12-17)26(36)20-9-1-3-10-22(20)33-28(37)38/h1-4,8-11,14,16-18,30,33,35H,5-7,12-13,15H2,(H,37,38). The number of carboxylic acid groups (broad SMARTS) is 1. The van der Waals surface area contributed by atoms with E-state index in [2.05, 4.69) is 31.7 Å². The fourth-order valence-electron chi connectivity index (χ4n) is 5.13. The first-order chi connectivity index (χ1) is 18.4. The molecule has 2 unspecified atom stereocenters. The van der Waals surface area contributed by atoms with Crippen LogP contribution in [0.15, 0.2) is 65.3 Å². The number of halogens is 1. The third-order valence-corrected chi connectivity index (χ3v) is 7.63. The molecule has 0 radical (unpaired) electrons. The minimum absolute atomic E-state index is 0.00694. The Kier molecular flexibility index (Phi) is 7.59. The first-order valence-corrected chi connectivity index (χ1v) is 13.4. The van der Waals surface area contributed by atoms with Crippen molar-refractivity contribution in [2.75, 3.05) is 17.2 Å². The summed E-state index contributed by atoms with van der Waals surface area (Å²) in [6.07, 6.45) is 4.81. The fraction of sp³-hybridized carbons (Fsp3) is 0.286. The molecule has 2 heterocycles. The number of aromatic nitrogens is 3. The fourth-order valence-corrected chi connectivity index (χ4v) is 5.47. The van der Waals surface area contributed by atoms with Gasteiger partial charge in [-0.25, -0.2) is 9.78 Å². The topological polar surface area (TPSA) is 129 Å². The molecule has 5 rings (SSSR count). The highest BCUT2D eigenvalue weighted by Crippen LogP contribution is 2.33. The monoisotopic (exact) mass is 577 g/mol. The van der Waals surface area contributed by atoms with Gasteiger partial charge in [0.05, 0.1) is 22.1 Å². The van der Waals surface area contributed by atoms with E-state index in [0.717, 1.165) is 42.4 Å². The maximum Gasteiger partial charge on any atom is 0.409 e. The molecule has 1 fully saturated rings. The first kappa shape index (κ1) is 25.7. The summed E-state index contributed by atoms with van der Waals surface area (Å²) in [6.45, 7) is 0.703. The summed E-state index contributed by atoms with van der Waals surface area (Å²) in [5.41, 5.74) is 2.68. The van der Waals surface area contributed by atoms with Crippen molar-refractivity contribution in [1.82, 2.24) is 14.6 Å². The highest BCUT2D eigenvalue weighted by Gasteiger charge is 2.27. The van der Waals surface area contributed by atoms with Crippen LogP contribution in [0.5, 0.6) is 5.75 Å². The van der Waals surface area contributed by atoms with Gasteiger partial charge in [-0.05, 0) is 71.8 Å². The second kappa shape index (κ2) is 11.2. The molecule has 1 saturated carbocycles. The lowest BCUT2D eigenvalue weighted by molar-refractivity contribution is 0.0908. The molecule has 2 atom stereocenters. The number of para-hydroxylation sites is 2. The van der Waals surface area contributed by atoms with Gasteiger partial charge in [0.2, 0.25) is 0 Å². The molecule has 196 valence electrons.